The van der Waals surface area contributed by atoms with Gasteiger partial charge in [0.25, 0.3) is 0 Å². The van der Waals surface area contributed by atoms with Crippen LogP contribution in [0.3, 0.4) is 0 Å². The maximum Gasteiger partial charge on any atom is 0.232 e. The van der Waals surface area contributed by atoms with E-state index in [2.05, 4.69) is 68.7 Å². The van der Waals surface area contributed by atoms with Crippen LogP contribution < -0.4 is 25.3 Å². The first-order chi connectivity index (χ1) is 16.1. The highest BCUT2D eigenvalue weighted by atomic mass is 32.1. The molecule has 1 aromatic heterocycles. The first-order valence-corrected chi connectivity index (χ1v) is 12.3. The number of hydrogen-bond acceptors (Lipinski definition) is 7. The van der Waals surface area contributed by atoms with E-state index in [4.69, 9.17) is 26.9 Å². The topological polar surface area (TPSA) is 68.8 Å². The molecule has 178 valence electrons. The first-order valence-electron chi connectivity index (χ1n) is 11.8. The lowest BCUT2D eigenvalue weighted by molar-refractivity contribution is 0.204. The van der Waals surface area contributed by atoms with Crippen molar-refractivity contribution in [1.82, 2.24) is 15.3 Å². The summed E-state index contributed by atoms with van der Waals surface area (Å²) in [6.45, 7) is 9.34. The summed E-state index contributed by atoms with van der Waals surface area (Å²) in [6, 6.07) is 12.7. The van der Waals surface area contributed by atoms with E-state index in [-0.39, 0.29) is 0 Å². The van der Waals surface area contributed by atoms with Gasteiger partial charge in [0.2, 0.25) is 5.95 Å². The Bertz CT molecular complexity index is 905. The van der Waals surface area contributed by atoms with Crippen molar-refractivity contribution < 1.29 is 4.74 Å². The fraction of sp³-hybridized carbons (Fsp3) is 0.542. The summed E-state index contributed by atoms with van der Waals surface area (Å²) in [5, 5.41) is 6.84. The summed E-state index contributed by atoms with van der Waals surface area (Å²) < 4.78 is 5.09. The molecule has 2 aliphatic heterocycles. The third-order valence-corrected chi connectivity index (χ3v) is 6.47. The molecule has 2 saturated heterocycles. The number of anilines is 4. The van der Waals surface area contributed by atoms with Gasteiger partial charge in [0.1, 0.15) is 11.6 Å². The summed E-state index contributed by atoms with van der Waals surface area (Å²) in [5.41, 5.74) is 1.28. The van der Waals surface area contributed by atoms with Crippen LogP contribution in [0.2, 0.25) is 0 Å². The molecule has 1 aromatic carbocycles. The van der Waals surface area contributed by atoms with Gasteiger partial charge in [-0.1, -0.05) is 25.1 Å². The largest absolute Gasteiger partial charge is 0.383 e. The lowest BCUT2D eigenvalue weighted by Crippen LogP contribution is -2.47. The molecule has 1 unspecified atom stereocenters. The molecule has 4 rings (SSSR count). The quantitative estimate of drug-likeness (QED) is 0.470. The molecule has 0 aliphatic carbocycles. The number of benzene rings is 1. The van der Waals surface area contributed by atoms with Gasteiger partial charge in [0.05, 0.1) is 6.61 Å². The normalized spacial score (nSPS) is 18.8. The van der Waals surface area contributed by atoms with Crippen molar-refractivity contribution in [2.75, 3.05) is 79.5 Å². The van der Waals surface area contributed by atoms with Crippen LogP contribution in [0.15, 0.2) is 36.4 Å². The van der Waals surface area contributed by atoms with Gasteiger partial charge in [-0.25, -0.2) is 0 Å². The molecular formula is C24H35N7OS. The Kier molecular flexibility index (Phi) is 8.17. The molecule has 0 spiro atoms. The standard InChI is InChI=1S/C24H35N7OS/c1-19-7-6-11-31(18-19)22-17-21(26-23(27-22)28-24(33)25-10-16-32-2)30-14-12-29(13-15-30)20-8-4-3-5-9-20/h3-5,8-9,17,19H,6-7,10-16,18H2,1-2H3,(H2,25,26,27,28,33). The van der Waals surface area contributed by atoms with Crippen molar-refractivity contribution in [2.24, 2.45) is 5.92 Å². The van der Waals surface area contributed by atoms with Crippen molar-refractivity contribution in [3.8, 4) is 0 Å². The van der Waals surface area contributed by atoms with E-state index in [1.165, 1.54) is 18.5 Å². The zero-order valence-electron chi connectivity index (χ0n) is 19.7. The minimum Gasteiger partial charge on any atom is -0.383 e. The van der Waals surface area contributed by atoms with E-state index in [9.17, 15) is 0 Å². The SMILES string of the molecule is COCCNC(=S)Nc1nc(N2CCN(c3ccccc3)CC2)cc(N2CCCC(C)C2)n1. The Balaban J connectivity index is 1.49. The van der Waals surface area contributed by atoms with Crippen LogP contribution in [0.25, 0.3) is 0 Å². The minimum atomic E-state index is 0.510. The second-order valence-corrected chi connectivity index (χ2v) is 9.19. The number of methoxy groups -OCH3 is 1. The average Bonchev–Trinajstić information content (AvgIpc) is 2.85. The molecule has 2 fully saturated rings. The Morgan fingerprint density at radius 3 is 2.42 bits per heavy atom. The highest BCUT2D eigenvalue weighted by Crippen LogP contribution is 2.27. The molecule has 2 N–H and O–H groups in total. The van der Waals surface area contributed by atoms with Gasteiger partial charge in [-0.3, -0.25) is 0 Å². The van der Waals surface area contributed by atoms with Gasteiger partial charge in [-0.05, 0) is 43.1 Å². The van der Waals surface area contributed by atoms with E-state index in [0.29, 0.717) is 30.1 Å². The van der Waals surface area contributed by atoms with Crippen LogP contribution in [-0.4, -0.2) is 74.6 Å². The Hall–Kier alpha value is -2.65. The number of hydrogen-bond donors (Lipinski definition) is 2. The van der Waals surface area contributed by atoms with Gasteiger partial charge in [0, 0.05) is 64.7 Å². The highest BCUT2D eigenvalue weighted by Gasteiger charge is 2.23. The second-order valence-electron chi connectivity index (χ2n) is 8.78. The van der Waals surface area contributed by atoms with Crippen molar-refractivity contribution >= 4 is 40.6 Å². The highest BCUT2D eigenvalue weighted by molar-refractivity contribution is 7.80. The number of rotatable bonds is 7. The molecule has 0 bridgehead atoms. The van der Waals surface area contributed by atoms with Crippen molar-refractivity contribution in [2.45, 2.75) is 19.8 Å². The summed E-state index contributed by atoms with van der Waals surface area (Å²) in [4.78, 5) is 16.8. The predicted octanol–water partition coefficient (Wildman–Crippen LogP) is 2.97. The molecule has 8 nitrogen and oxygen atoms in total. The molecule has 0 radical (unpaired) electrons. The van der Waals surface area contributed by atoms with Crippen LogP contribution in [0.4, 0.5) is 23.3 Å². The second kappa shape index (κ2) is 11.5. The zero-order chi connectivity index (χ0) is 23.0. The number of nitrogens with one attached hydrogen (secondary N) is 2. The number of para-hydroxylation sites is 1. The molecule has 2 aromatic rings. The molecule has 3 heterocycles. The molecule has 0 amide bonds. The van der Waals surface area contributed by atoms with E-state index >= 15 is 0 Å². The van der Waals surface area contributed by atoms with E-state index in [0.717, 1.165) is 50.9 Å². The summed E-state index contributed by atoms with van der Waals surface area (Å²) >= 11 is 5.45. The lowest BCUT2D eigenvalue weighted by Gasteiger charge is -2.37. The summed E-state index contributed by atoms with van der Waals surface area (Å²) in [6.07, 6.45) is 2.46. The molecule has 1 atom stereocenters. The van der Waals surface area contributed by atoms with Gasteiger partial charge < -0.3 is 30.1 Å². The van der Waals surface area contributed by atoms with E-state index in [1.54, 1.807) is 7.11 Å². The maximum atomic E-state index is 5.45. The number of piperazine rings is 1. The predicted molar refractivity (Wildman–Crippen MR) is 140 cm³/mol. The molecular weight excluding hydrogens is 434 g/mol. The Morgan fingerprint density at radius 1 is 1.03 bits per heavy atom. The number of ether oxygens (including phenoxy) is 1. The molecule has 33 heavy (non-hydrogen) atoms. The maximum absolute atomic E-state index is 5.45. The lowest BCUT2D eigenvalue weighted by atomic mass is 10.0. The van der Waals surface area contributed by atoms with Crippen LogP contribution >= 0.6 is 12.2 Å². The van der Waals surface area contributed by atoms with E-state index in [1.807, 2.05) is 0 Å². The van der Waals surface area contributed by atoms with Gasteiger partial charge in [-0.15, -0.1) is 0 Å². The van der Waals surface area contributed by atoms with Gasteiger partial charge in [0.15, 0.2) is 5.11 Å². The van der Waals surface area contributed by atoms with Crippen LogP contribution in [0.1, 0.15) is 19.8 Å². The Labute approximate surface area is 202 Å². The average molecular weight is 470 g/mol. The van der Waals surface area contributed by atoms with Crippen molar-refractivity contribution in [1.29, 1.82) is 0 Å². The molecule has 0 saturated carbocycles. The summed E-state index contributed by atoms with van der Waals surface area (Å²) in [5.74, 6) is 3.13. The van der Waals surface area contributed by atoms with Gasteiger partial charge >= 0.3 is 0 Å². The third kappa shape index (κ3) is 6.45. The fourth-order valence-electron chi connectivity index (χ4n) is 4.44. The smallest absolute Gasteiger partial charge is 0.232 e. The Morgan fingerprint density at radius 2 is 1.73 bits per heavy atom. The number of nitrogens with zero attached hydrogens (tertiary/aromatic N) is 5. The summed E-state index contributed by atoms with van der Waals surface area (Å²) in [7, 11) is 1.67. The van der Waals surface area contributed by atoms with E-state index < -0.39 is 0 Å². The van der Waals surface area contributed by atoms with Crippen LogP contribution in [-0.2, 0) is 4.74 Å². The zero-order valence-corrected chi connectivity index (χ0v) is 20.5. The van der Waals surface area contributed by atoms with Crippen LogP contribution in [0.5, 0.6) is 0 Å². The third-order valence-electron chi connectivity index (χ3n) is 6.22. The van der Waals surface area contributed by atoms with Gasteiger partial charge in [-0.2, -0.15) is 9.97 Å². The molecule has 2 aliphatic rings. The number of piperidine rings is 1. The van der Waals surface area contributed by atoms with Crippen molar-refractivity contribution in [3.05, 3.63) is 36.4 Å². The number of thiocarbonyl (C=S) groups is 1. The first kappa shape index (κ1) is 23.5. The van der Waals surface area contributed by atoms with Crippen molar-refractivity contribution in [3.63, 3.8) is 0 Å². The minimum absolute atomic E-state index is 0.510. The van der Waals surface area contributed by atoms with Crippen LogP contribution in [0, 0.1) is 5.92 Å². The number of aromatic nitrogens is 2. The molecule has 9 heteroatoms. The monoisotopic (exact) mass is 469 g/mol. The fourth-order valence-corrected chi connectivity index (χ4v) is 4.64.